The molecule has 4 atom stereocenters. The molecule has 7 nitrogen and oxygen atoms in total. The Morgan fingerprint density at radius 2 is 2.06 bits per heavy atom. The normalized spacial score (nSPS) is 31.5. The van der Waals surface area contributed by atoms with Gasteiger partial charge < -0.3 is 25.2 Å². The van der Waals surface area contributed by atoms with Gasteiger partial charge in [0.1, 0.15) is 24.4 Å². The molecule has 4 N–H and O–H groups in total. The van der Waals surface area contributed by atoms with E-state index in [2.05, 4.69) is 4.98 Å². The second-order valence-electron chi connectivity index (χ2n) is 4.04. The van der Waals surface area contributed by atoms with Crippen molar-refractivity contribution >= 4 is 5.97 Å². The number of rotatable bonds is 3. The summed E-state index contributed by atoms with van der Waals surface area (Å²) in [6.45, 7) is -0.415. The van der Waals surface area contributed by atoms with Crippen LogP contribution in [0.5, 0.6) is 0 Å². The Labute approximate surface area is 102 Å². The van der Waals surface area contributed by atoms with E-state index >= 15 is 0 Å². The molecule has 0 aliphatic carbocycles. The molecule has 7 heteroatoms. The highest BCUT2D eigenvalue weighted by atomic mass is 16.6. The molecule has 0 spiro atoms. The number of hydrogen-bond donors (Lipinski definition) is 4. The summed E-state index contributed by atoms with van der Waals surface area (Å²) in [4.78, 5) is 14.5. The summed E-state index contributed by atoms with van der Waals surface area (Å²) in [6.07, 6.45) is -3.00. The molecule has 0 amide bonds. The van der Waals surface area contributed by atoms with Crippen molar-refractivity contribution in [1.82, 2.24) is 4.98 Å². The lowest BCUT2D eigenvalue weighted by molar-refractivity contribution is -0.0239. The number of nitrogens with zero attached hydrogens (tertiary/aromatic N) is 1. The third-order valence-electron chi connectivity index (χ3n) is 2.87. The molecule has 1 aliphatic heterocycles. The number of hydrogen-bond acceptors (Lipinski definition) is 6. The Morgan fingerprint density at radius 1 is 1.33 bits per heavy atom. The van der Waals surface area contributed by atoms with E-state index in [4.69, 9.17) is 14.9 Å². The lowest BCUT2D eigenvalue weighted by Gasteiger charge is -2.13. The molecule has 4 unspecified atom stereocenters. The van der Waals surface area contributed by atoms with E-state index in [-0.39, 0.29) is 5.56 Å². The Kier molecular flexibility index (Phi) is 3.58. The summed E-state index contributed by atoms with van der Waals surface area (Å²) in [5.74, 6) is -1.10. The fourth-order valence-corrected chi connectivity index (χ4v) is 1.84. The zero-order valence-electron chi connectivity index (χ0n) is 9.30. The van der Waals surface area contributed by atoms with Crippen molar-refractivity contribution in [1.29, 1.82) is 0 Å². The average Bonchev–Trinajstić information content (AvgIpc) is 2.66. The molecule has 1 aliphatic rings. The highest BCUT2D eigenvalue weighted by Crippen LogP contribution is 2.32. The van der Waals surface area contributed by atoms with Crippen LogP contribution in [0.15, 0.2) is 18.3 Å². The highest BCUT2D eigenvalue weighted by molar-refractivity contribution is 5.87. The summed E-state index contributed by atoms with van der Waals surface area (Å²) in [5, 5.41) is 37.0. The monoisotopic (exact) mass is 255 g/mol. The van der Waals surface area contributed by atoms with E-state index in [1.165, 1.54) is 12.1 Å². The van der Waals surface area contributed by atoms with Gasteiger partial charge in [-0.25, -0.2) is 4.79 Å². The molecule has 98 valence electrons. The van der Waals surface area contributed by atoms with Crippen molar-refractivity contribution < 1.29 is 30.0 Å². The summed E-state index contributed by atoms with van der Waals surface area (Å²) in [7, 11) is 0. The lowest BCUT2D eigenvalue weighted by atomic mass is 10.1. The lowest BCUT2D eigenvalue weighted by Crippen LogP contribution is -2.32. The smallest absolute Gasteiger partial charge is 0.337 e. The van der Waals surface area contributed by atoms with Crippen molar-refractivity contribution in [3.8, 4) is 0 Å². The Bertz CT molecular complexity index is 434. The minimum absolute atomic E-state index is 0.0190. The molecule has 1 aromatic heterocycles. The largest absolute Gasteiger partial charge is 0.478 e. The maximum atomic E-state index is 10.7. The van der Waals surface area contributed by atoms with Gasteiger partial charge in [-0.05, 0) is 12.1 Å². The molecular weight excluding hydrogens is 242 g/mol. The Hall–Kier alpha value is -1.54. The predicted octanol–water partition coefficient (Wildman–Crippen LogP) is -1.07. The van der Waals surface area contributed by atoms with Crippen LogP contribution < -0.4 is 0 Å². The average molecular weight is 255 g/mol. The summed E-state index contributed by atoms with van der Waals surface area (Å²) < 4.78 is 5.26. The molecule has 2 rings (SSSR count). The number of aromatic carboxylic acids is 1. The first-order valence-corrected chi connectivity index (χ1v) is 5.36. The standard InChI is InChI=1S/C11H13NO6/c13-4-7-8(14)9(15)10(18-7)6-2-1-5(3-12-6)11(16)17/h1-3,7-10,13-15H,4H2,(H,16,17). The van der Waals surface area contributed by atoms with Gasteiger partial charge in [-0.15, -0.1) is 0 Å². The first-order valence-electron chi connectivity index (χ1n) is 5.36. The van der Waals surface area contributed by atoms with Gasteiger partial charge >= 0.3 is 5.97 Å². The fraction of sp³-hybridized carbons (Fsp3) is 0.455. The molecule has 1 fully saturated rings. The van der Waals surface area contributed by atoms with Gasteiger partial charge in [0.25, 0.3) is 0 Å². The summed E-state index contributed by atoms with van der Waals surface area (Å²) in [5.41, 5.74) is 0.327. The molecule has 1 saturated heterocycles. The number of aromatic nitrogens is 1. The second kappa shape index (κ2) is 4.99. The molecule has 0 bridgehead atoms. The van der Waals surface area contributed by atoms with Crippen LogP contribution in [-0.4, -0.2) is 56.3 Å². The number of carboxylic acid groups (broad SMARTS) is 1. The van der Waals surface area contributed by atoms with E-state index in [1.54, 1.807) is 0 Å². The summed E-state index contributed by atoms with van der Waals surface area (Å²) in [6, 6.07) is 2.74. The molecule has 18 heavy (non-hydrogen) atoms. The highest BCUT2D eigenvalue weighted by Gasteiger charge is 2.43. The van der Waals surface area contributed by atoms with Gasteiger partial charge in [0, 0.05) is 6.20 Å². The zero-order chi connectivity index (χ0) is 13.3. The van der Waals surface area contributed by atoms with Gasteiger partial charge in [0.15, 0.2) is 0 Å². The Morgan fingerprint density at radius 3 is 2.50 bits per heavy atom. The summed E-state index contributed by atoms with van der Waals surface area (Å²) >= 11 is 0. The zero-order valence-corrected chi connectivity index (χ0v) is 9.30. The van der Waals surface area contributed by atoms with E-state index in [0.29, 0.717) is 5.69 Å². The van der Waals surface area contributed by atoms with Gasteiger partial charge in [0.2, 0.25) is 0 Å². The van der Waals surface area contributed by atoms with Crippen LogP contribution in [0.4, 0.5) is 0 Å². The van der Waals surface area contributed by atoms with Crippen molar-refractivity contribution in [2.24, 2.45) is 0 Å². The van der Waals surface area contributed by atoms with Crippen molar-refractivity contribution in [2.75, 3.05) is 6.61 Å². The predicted molar refractivity (Wildman–Crippen MR) is 57.9 cm³/mol. The first-order chi connectivity index (χ1) is 8.54. The third kappa shape index (κ3) is 2.21. The first kappa shape index (κ1) is 12.9. The number of pyridine rings is 1. The van der Waals surface area contributed by atoms with Crippen molar-refractivity contribution in [2.45, 2.75) is 24.4 Å². The quantitative estimate of drug-likeness (QED) is 0.543. The van der Waals surface area contributed by atoms with Crippen LogP contribution in [0.25, 0.3) is 0 Å². The molecular formula is C11H13NO6. The fourth-order valence-electron chi connectivity index (χ4n) is 1.84. The molecule has 2 heterocycles. The minimum Gasteiger partial charge on any atom is -0.478 e. The molecule has 0 radical (unpaired) electrons. The SMILES string of the molecule is O=C(O)c1ccc(C2OC(CO)C(O)C2O)nc1. The van der Waals surface area contributed by atoms with Crippen LogP contribution in [-0.2, 0) is 4.74 Å². The maximum Gasteiger partial charge on any atom is 0.337 e. The van der Waals surface area contributed by atoms with E-state index < -0.39 is 37.0 Å². The molecule has 0 aromatic carbocycles. The minimum atomic E-state index is -1.20. The van der Waals surface area contributed by atoms with Gasteiger partial charge in [-0.3, -0.25) is 4.98 Å². The topological polar surface area (TPSA) is 120 Å². The van der Waals surface area contributed by atoms with E-state index in [9.17, 15) is 15.0 Å². The van der Waals surface area contributed by atoms with E-state index in [1.807, 2.05) is 0 Å². The number of carbonyl (C=O) groups is 1. The van der Waals surface area contributed by atoms with Gasteiger partial charge in [-0.1, -0.05) is 0 Å². The van der Waals surface area contributed by atoms with E-state index in [0.717, 1.165) is 6.20 Å². The number of carboxylic acids is 1. The Balaban J connectivity index is 2.19. The van der Waals surface area contributed by atoms with Crippen molar-refractivity contribution in [3.05, 3.63) is 29.6 Å². The maximum absolute atomic E-state index is 10.7. The van der Waals surface area contributed by atoms with Crippen LogP contribution in [0.2, 0.25) is 0 Å². The van der Waals surface area contributed by atoms with Crippen LogP contribution in [0.1, 0.15) is 22.2 Å². The van der Waals surface area contributed by atoms with Crippen LogP contribution >= 0.6 is 0 Å². The number of aliphatic hydroxyl groups is 3. The van der Waals surface area contributed by atoms with Crippen molar-refractivity contribution in [3.63, 3.8) is 0 Å². The molecule has 1 aromatic rings. The van der Waals surface area contributed by atoms with Gasteiger partial charge in [0.05, 0.1) is 17.9 Å². The second-order valence-corrected chi connectivity index (χ2v) is 4.04. The molecule has 0 saturated carbocycles. The van der Waals surface area contributed by atoms with Crippen LogP contribution in [0, 0.1) is 0 Å². The number of ether oxygens (including phenoxy) is 1. The number of aliphatic hydroxyl groups excluding tert-OH is 3. The third-order valence-corrected chi connectivity index (χ3v) is 2.87. The van der Waals surface area contributed by atoms with Gasteiger partial charge in [-0.2, -0.15) is 0 Å². The van der Waals surface area contributed by atoms with Crippen LogP contribution in [0.3, 0.4) is 0 Å².